The van der Waals surface area contributed by atoms with Crippen LogP contribution in [0.5, 0.6) is 0 Å². The van der Waals surface area contributed by atoms with Crippen LogP contribution in [-0.4, -0.2) is 8.96 Å². The minimum absolute atomic E-state index is 0.0107. The van der Waals surface area contributed by atoms with Gasteiger partial charge in [0, 0.05) is 11.6 Å². The average Bonchev–Trinajstić information content (AvgIpc) is 2.27. The third-order valence-corrected chi connectivity index (χ3v) is 4.22. The summed E-state index contributed by atoms with van der Waals surface area (Å²) in [5.41, 5.74) is 0.480. The largest absolute Gasteiger partial charge is 0.264 e. The maximum absolute atomic E-state index is 12.9. The highest BCUT2D eigenvalue weighted by atomic mass is 32.2. The molecule has 0 aliphatic rings. The number of nitrogens with one attached hydrogen (secondary N) is 1. The summed E-state index contributed by atoms with van der Waals surface area (Å²) in [5, 5.41) is 0. The first-order chi connectivity index (χ1) is 8.23. The van der Waals surface area contributed by atoms with Gasteiger partial charge in [-0.25, -0.2) is 17.7 Å². The van der Waals surface area contributed by atoms with Crippen molar-refractivity contribution >= 4 is 11.0 Å². The van der Waals surface area contributed by atoms with Crippen molar-refractivity contribution in [3.05, 3.63) is 35.4 Å². The Morgan fingerprint density at radius 3 is 2.11 bits per heavy atom. The van der Waals surface area contributed by atoms with E-state index in [0.717, 1.165) is 0 Å². The molecule has 0 aliphatic carbocycles. The van der Waals surface area contributed by atoms with Crippen molar-refractivity contribution in [2.24, 2.45) is 0 Å². The van der Waals surface area contributed by atoms with Gasteiger partial charge in [-0.2, -0.15) is 0 Å². The van der Waals surface area contributed by atoms with Gasteiger partial charge in [0.25, 0.3) is 6.43 Å². The highest BCUT2D eigenvalue weighted by Crippen LogP contribution is 2.27. The van der Waals surface area contributed by atoms with Crippen LogP contribution < -0.4 is 4.72 Å². The fraction of sp³-hybridized carbons (Fsp3) is 0.538. The third kappa shape index (κ3) is 3.85. The van der Waals surface area contributed by atoms with Gasteiger partial charge in [0.15, 0.2) is 0 Å². The van der Waals surface area contributed by atoms with Crippen molar-refractivity contribution in [2.75, 3.05) is 0 Å². The van der Waals surface area contributed by atoms with Crippen LogP contribution in [0.3, 0.4) is 0 Å². The summed E-state index contributed by atoms with van der Waals surface area (Å²) in [6.45, 7) is 7.25. The van der Waals surface area contributed by atoms with E-state index in [0.29, 0.717) is 5.56 Å². The Bertz CT molecular complexity index is 429. The molecule has 102 valence electrons. The van der Waals surface area contributed by atoms with Gasteiger partial charge in [-0.3, -0.25) is 0 Å². The van der Waals surface area contributed by atoms with Gasteiger partial charge in [-0.1, -0.05) is 24.3 Å². The zero-order valence-corrected chi connectivity index (χ0v) is 11.9. The van der Waals surface area contributed by atoms with Gasteiger partial charge in [0.2, 0.25) is 0 Å². The van der Waals surface area contributed by atoms with Gasteiger partial charge in [0.05, 0.1) is 15.7 Å². The number of rotatable bonds is 4. The zero-order valence-electron chi connectivity index (χ0n) is 11.0. The molecule has 5 heteroatoms. The summed E-state index contributed by atoms with van der Waals surface area (Å²) >= 11 is 0. The van der Waals surface area contributed by atoms with Crippen molar-refractivity contribution in [3.8, 4) is 0 Å². The average molecular weight is 275 g/mol. The smallest absolute Gasteiger partial charge is 0.242 e. The first-order valence-corrected chi connectivity index (χ1v) is 6.93. The second-order valence-corrected chi connectivity index (χ2v) is 7.15. The Kier molecular flexibility index (Phi) is 4.99. The molecule has 0 saturated heterocycles. The molecular formula is C13H19F2NOS. The van der Waals surface area contributed by atoms with Gasteiger partial charge < -0.3 is 0 Å². The van der Waals surface area contributed by atoms with Crippen LogP contribution in [0.15, 0.2) is 24.3 Å². The normalized spacial score (nSPS) is 15.7. The van der Waals surface area contributed by atoms with E-state index >= 15 is 0 Å². The SMILES string of the molecule is C[C@@H](N[S@](=O)C(C)(C)C)c1ccccc1C(F)F. The van der Waals surface area contributed by atoms with E-state index in [1.807, 2.05) is 20.8 Å². The Hall–Kier alpha value is -0.810. The Morgan fingerprint density at radius 2 is 1.67 bits per heavy atom. The monoisotopic (exact) mass is 275 g/mol. The summed E-state index contributed by atoms with van der Waals surface area (Å²) in [5.74, 6) is 0. The lowest BCUT2D eigenvalue weighted by Gasteiger charge is -2.23. The van der Waals surface area contributed by atoms with Gasteiger partial charge in [-0.05, 0) is 33.3 Å². The molecule has 0 heterocycles. The molecule has 0 unspecified atom stereocenters. The van der Waals surface area contributed by atoms with Crippen molar-refractivity contribution in [1.29, 1.82) is 0 Å². The number of benzene rings is 1. The molecule has 0 radical (unpaired) electrons. The van der Waals surface area contributed by atoms with E-state index in [9.17, 15) is 13.0 Å². The van der Waals surface area contributed by atoms with Crippen LogP contribution in [0.4, 0.5) is 8.78 Å². The highest BCUT2D eigenvalue weighted by Gasteiger charge is 2.23. The Balaban J connectivity index is 2.91. The summed E-state index contributed by atoms with van der Waals surface area (Å²) in [6, 6.07) is 5.95. The molecule has 2 atom stereocenters. The molecule has 0 aliphatic heterocycles. The van der Waals surface area contributed by atoms with E-state index in [-0.39, 0.29) is 11.6 Å². The first kappa shape index (κ1) is 15.2. The van der Waals surface area contributed by atoms with Crippen molar-refractivity contribution in [3.63, 3.8) is 0 Å². The fourth-order valence-corrected chi connectivity index (χ4v) is 2.31. The van der Waals surface area contributed by atoms with Crippen molar-refractivity contribution in [1.82, 2.24) is 4.72 Å². The zero-order chi connectivity index (χ0) is 13.9. The third-order valence-electron chi connectivity index (χ3n) is 2.54. The number of hydrogen-bond donors (Lipinski definition) is 1. The molecule has 0 saturated carbocycles. The summed E-state index contributed by atoms with van der Waals surface area (Å²) in [7, 11) is -1.28. The van der Waals surface area contributed by atoms with E-state index in [4.69, 9.17) is 0 Å². The Morgan fingerprint density at radius 1 is 1.17 bits per heavy atom. The molecule has 1 N–H and O–H groups in total. The van der Waals surface area contributed by atoms with E-state index < -0.39 is 22.2 Å². The van der Waals surface area contributed by atoms with E-state index in [1.165, 1.54) is 6.07 Å². The lowest BCUT2D eigenvalue weighted by Crippen LogP contribution is -2.35. The van der Waals surface area contributed by atoms with Crippen molar-refractivity contribution < 1.29 is 13.0 Å². The van der Waals surface area contributed by atoms with Crippen LogP contribution in [0, 0.1) is 0 Å². The number of alkyl halides is 2. The molecule has 18 heavy (non-hydrogen) atoms. The molecule has 1 aromatic carbocycles. The molecule has 1 aromatic rings. The quantitative estimate of drug-likeness (QED) is 0.891. The second-order valence-electron chi connectivity index (χ2n) is 5.15. The van der Waals surface area contributed by atoms with E-state index in [2.05, 4.69) is 4.72 Å². The summed E-state index contributed by atoms with van der Waals surface area (Å²) in [6.07, 6.45) is -2.52. The predicted octanol–water partition coefficient (Wildman–Crippen LogP) is 3.74. The lowest BCUT2D eigenvalue weighted by molar-refractivity contribution is 0.149. The standard InChI is InChI=1S/C13H19F2NOS/c1-9(16-18(17)13(2,3)4)10-7-5-6-8-11(10)12(14)15/h5-9,12,16H,1-4H3/t9-,18-/m1/s1. The van der Waals surface area contributed by atoms with Crippen LogP contribution in [0.25, 0.3) is 0 Å². The van der Waals surface area contributed by atoms with Crippen LogP contribution in [0.2, 0.25) is 0 Å². The topological polar surface area (TPSA) is 29.1 Å². The van der Waals surface area contributed by atoms with Crippen LogP contribution >= 0.6 is 0 Å². The fourth-order valence-electron chi connectivity index (χ4n) is 1.50. The second kappa shape index (κ2) is 5.89. The van der Waals surface area contributed by atoms with Gasteiger partial charge in [0.1, 0.15) is 0 Å². The first-order valence-electron chi connectivity index (χ1n) is 5.78. The van der Waals surface area contributed by atoms with Crippen molar-refractivity contribution in [2.45, 2.75) is 44.9 Å². The van der Waals surface area contributed by atoms with Gasteiger partial charge >= 0.3 is 0 Å². The van der Waals surface area contributed by atoms with E-state index in [1.54, 1.807) is 25.1 Å². The number of hydrogen-bond acceptors (Lipinski definition) is 1. The van der Waals surface area contributed by atoms with Crippen LogP contribution in [0.1, 0.15) is 51.3 Å². The molecular weight excluding hydrogens is 256 g/mol. The molecule has 0 bridgehead atoms. The molecule has 0 spiro atoms. The van der Waals surface area contributed by atoms with Gasteiger partial charge in [-0.15, -0.1) is 0 Å². The predicted molar refractivity (Wildman–Crippen MR) is 70.8 cm³/mol. The molecule has 0 amide bonds. The lowest BCUT2D eigenvalue weighted by atomic mass is 10.0. The highest BCUT2D eigenvalue weighted by molar-refractivity contribution is 7.84. The summed E-state index contributed by atoms with van der Waals surface area (Å²) < 4.78 is 40.1. The molecule has 1 rings (SSSR count). The van der Waals surface area contributed by atoms with Crippen LogP contribution in [-0.2, 0) is 11.0 Å². The molecule has 0 aromatic heterocycles. The number of halogens is 2. The minimum atomic E-state index is -2.52. The minimum Gasteiger partial charge on any atom is -0.242 e. The molecule has 0 fully saturated rings. The maximum Gasteiger partial charge on any atom is 0.264 e. The maximum atomic E-state index is 12.9. The molecule has 2 nitrogen and oxygen atoms in total. The summed E-state index contributed by atoms with van der Waals surface area (Å²) in [4.78, 5) is 0. The Labute approximate surface area is 109 Å².